The van der Waals surface area contributed by atoms with Crippen LogP contribution in [0.1, 0.15) is 57.0 Å². The summed E-state index contributed by atoms with van der Waals surface area (Å²) in [5, 5.41) is 104. The van der Waals surface area contributed by atoms with Gasteiger partial charge in [0.05, 0.1) is 39.6 Å². The fourth-order valence-corrected chi connectivity index (χ4v) is 5.90. The number of nitrogens with one attached hydrogen (secondary N) is 6. The fraction of sp³-hybridized carbons (Fsp3) is 0.308. The van der Waals surface area contributed by atoms with Gasteiger partial charge in [0.2, 0.25) is 0 Å². The summed E-state index contributed by atoms with van der Waals surface area (Å²) in [6, 6.07) is 14.3. The SMILES string of the molecule is CCNC(=S)Nc1cc(CO)c(O)c(CO)c1C.CNC(=S)Nc1cc(CO)c(O)c(CO)c1C.Cc1c(NC(=S)Nc2ccccc2)cc(CO)c(O)c1CO. The molecule has 0 radical (unpaired) electrons. The number of phenols is 3. The lowest BCUT2D eigenvalue weighted by Crippen LogP contribution is -2.28. The van der Waals surface area contributed by atoms with Crippen LogP contribution in [0.4, 0.5) is 22.7 Å². The van der Waals surface area contributed by atoms with E-state index in [-0.39, 0.29) is 56.9 Å². The van der Waals surface area contributed by atoms with E-state index in [1.165, 1.54) is 0 Å². The monoisotopic (exact) mass is 844 g/mol. The van der Waals surface area contributed by atoms with Gasteiger partial charge in [-0.1, -0.05) is 18.2 Å². The molecule has 4 rings (SSSR count). The molecule has 0 fully saturated rings. The van der Waals surface area contributed by atoms with Crippen LogP contribution < -0.4 is 31.9 Å². The van der Waals surface area contributed by atoms with Crippen LogP contribution in [0.2, 0.25) is 0 Å². The van der Waals surface area contributed by atoms with Crippen LogP contribution in [0.25, 0.3) is 0 Å². The Balaban J connectivity index is 0.000000298. The number of hydrogen-bond acceptors (Lipinski definition) is 12. The van der Waals surface area contributed by atoms with Crippen molar-refractivity contribution in [3.8, 4) is 17.2 Å². The number of para-hydroxylation sites is 1. The second-order valence-electron chi connectivity index (χ2n) is 12.2. The normalized spacial score (nSPS) is 10.2. The highest BCUT2D eigenvalue weighted by Gasteiger charge is 2.17. The molecule has 15 nitrogen and oxygen atoms in total. The summed E-state index contributed by atoms with van der Waals surface area (Å²) >= 11 is 15.3. The Morgan fingerprint density at radius 2 is 0.860 bits per heavy atom. The molecule has 0 amide bonds. The Kier molecular flexibility index (Phi) is 20.3. The smallest absolute Gasteiger partial charge is 0.175 e. The summed E-state index contributed by atoms with van der Waals surface area (Å²) in [7, 11) is 1.69. The third-order valence-electron chi connectivity index (χ3n) is 8.62. The molecule has 4 aromatic carbocycles. The highest BCUT2D eigenvalue weighted by atomic mass is 32.1. The Morgan fingerprint density at radius 1 is 0.509 bits per heavy atom. The lowest BCUT2D eigenvalue weighted by molar-refractivity contribution is 0.262. The van der Waals surface area contributed by atoms with Gasteiger partial charge in [-0.15, -0.1) is 0 Å². The first-order chi connectivity index (χ1) is 27.2. The zero-order valence-electron chi connectivity index (χ0n) is 32.3. The van der Waals surface area contributed by atoms with E-state index in [2.05, 4.69) is 31.9 Å². The molecule has 0 unspecified atom stereocenters. The van der Waals surface area contributed by atoms with Crippen molar-refractivity contribution in [1.82, 2.24) is 10.6 Å². The Bertz CT molecular complexity index is 2000. The van der Waals surface area contributed by atoms with Crippen LogP contribution in [-0.2, 0) is 39.6 Å². The Morgan fingerprint density at radius 3 is 1.18 bits per heavy atom. The van der Waals surface area contributed by atoms with E-state index >= 15 is 0 Å². The Labute approximate surface area is 348 Å². The van der Waals surface area contributed by atoms with Gasteiger partial charge in [-0.05, 0) is 111 Å². The van der Waals surface area contributed by atoms with Crippen LogP contribution in [0.3, 0.4) is 0 Å². The molecule has 0 atom stereocenters. The van der Waals surface area contributed by atoms with E-state index in [1.807, 2.05) is 37.3 Å². The molecule has 310 valence electrons. The van der Waals surface area contributed by atoms with Crippen molar-refractivity contribution in [2.45, 2.75) is 67.3 Å². The number of thiocarbonyl (C=S) groups is 3. The van der Waals surface area contributed by atoms with Crippen molar-refractivity contribution < 1.29 is 46.0 Å². The minimum Gasteiger partial charge on any atom is -0.507 e. The molecular weight excluding hydrogens is 793 g/mol. The average molecular weight is 845 g/mol. The lowest BCUT2D eigenvalue weighted by atomic mass is 10.0. The largest absolute Gasteiger partial charge is 0.507 e. The molecule has 15 N–H and O–H groups in total. The summed E-state index contributed by atoms with van der Waals surface area (Å²) in [5.41, 5.74) is 7.04. The van der Waals surface area contributed by atoms with Gasteiger partial charge in [0.15, 0.2) is 15.3 Å². The van der Waals surface area contributed by atoms with Gasteiger partial charge in [0, 0.05) is 69.7 Å². The molecule has 0 aliphatic rings. The number of benzene rings is 4. The van der Waals surface area contributed by atoms with Crippen molar-refractivity contribution in [2.24, 2.45) is 0 Å². The summed E-state index contributed by atoms with van der Waals surface area (Å²) in [6.07, 6.45) is 0. The number of hydrogen-bond donors (Lipinski definition) is 15. The predicted molar refractivity (Wildman–Crippen MR) is 236 cm³/mol. The first-order valence-corrected chi connectivity index (χ1v) is 18.7. The van der Waals surface area contributed by atoms with Gasteiger partial charge in [-0.2, -0.15) is 0 Å². The number of aliphatic hydroxyl groups excluding tert-OH is 6. The van der Waals surface area contributed by atoms with Crippen molar-refractivity contribution >= 4 is 74.7 Å². The standard InChI is InChI=1S/C16H18N2O3S.C12H18N2O3S.C11H16N2O3S/c1-10-13(9-20)15(21)11(8-19)7-14(10)18-16(22)17-12-5-3-2-4-6-12;1-3-13-12(18)14-10-4-8(5-15)11(17)9(6-16)7(10)2;1-6-8(5-15)10(16)7(4-14)3-9(6)13-11(17)12-2/h2-7,19-21H,8-9H2,1H3,(H2,17,18,22);4,15-17H,3,5-6H2,1-2H3,(H2,13,14,18);3,14-16H,4-5H2,1-2H3,(H2,12,13,17). The molecule has 0 aliphatic heterocycles. The molecule has 0 heterocycles. The van der Waals surface area contributed by atoms with Gasteiger partial charge in [-0.3, -0.25) is 0 Å². The van der Waals surface area contributed by atoms with Gasteiger partial charge in [-0.25, -0.2) is 0 Å². The number of anilines is 4. The first-order valence-electron chi connectivity index (χ1n) is 17.5. The van der Waals surface area contributed by atoms with E-state index in [1.54, 1.807) is 46.0 Å². The molecule has 57 heavy (non-hydrogen) atoms. The third-order valence-corrected chi connectivity index (χ3v) is 9.38. The predicted octanol–water partition coefficient (Wildman–Crippen LogP) is 4.09. The maximum absolute atomic E-state index is 9.97. The summed E-state index contributed by atoms with van der Waals surface area (Å²) in [4.78, 5) is 0. The van der Waals surface area contributed by atoms with Crippen LogP contribution in [0.5, 0.6) is 17.2 Å². The summed E-state index contributed by atoms with van der Waals surface area (Å²) < 4.78 is 0. The highest BCUT2D eigenvalue weighted by Crippen LogP contribution is 2.34. The third kappa shape index (κ3) is 13.3. The molecular formula is C39H52N6O9S3. The van der Waals surface area contributed by atoms with Crippen molar-refractivity contribution in [3.05, 3.63) is 98.6 Å². The van der Waals surface area contributed by atoms with Gasteiger partial charge >= 0.3 is 0 Å². The quantitative estimate of drug-likeness (QED) is 0.0750. The van der Waals surface area contributed by atoms with Crippen molar-refractivity contribution in [2.75, 3.05) is 34.9 Å². The number of aromatic hydroxyl groups is 3. The number of aliphatic hydroxyl groups is 6. The molecule has 0 aliphatic carbocycles. The summed E-state index contributed by atoms with van der Waals surface area (Å²) in [6.45, 7) is 6.06. The zero-order chi connectivity index (χ0) is 42.8. The minimum absolute atomic E-state index is 0.0718. The molecule has 0 bridgehead atoms. The van der Waals surface area contributed by atoms with Crippen LogP contribution in [0.15, 0.2) is 48.5 Å². The van der Waals surface area contributed by atoms with E-state index in [0.29, 0.717) is 89.0 Å². The fourth-order valence-electron chi connectivity index (χ4n) is 5.30. The van der Waals surface area contributed by atoms with Gasteiger partial charge in [0.1, 0.15) is 17.2 Å². The zero-order valence-corrected chi connectivity index (χ0v) is 34.8. The number of rotatable bonds is 11. The molecule has 0 spiro atoms. The molecule has 0 saturated heterocycles. The maximum atomic E-state index is 9.97. The van der Waals surface area contributed by atoms with Crippen molar-refractivity contribution in [1.29, 1.82) is 0 Å². The van der Waals surface area contributed by atoms with Crippen molar-refractivity contribution in [3.63, 3.8) is 0 Å². The van der Waals surface area contributed by atoms with Crippen LogP contribution in [-0.4, -0.2) is 74.9 Å². The lowest BCUT2D eigenvalue weighted by Gasteiger charge is -2.17. The van der Waals surface area contributed by atoms with Crippen LogP contribution >= 0.6 is 36.7 Å². The topological polar surface area (TPSA) is 254 Å². The second kappa shape index (κ2) is 24.0. The van der Waals surface area contributed by atoms with E-state index in [9.17, 15) is 40.9 Å². The second-order valence-corrected chi connectivity index (χ2v) is 13.4. The average Bonchev–Trinajstić information content (AvgIpc) is 3.19. The van der Waals surface area contributed by atoms with Gasteiger partial charge in [0.25, 0.3) is 0 Å². The molecule has 0 aromatic heterocycles. The minimum atomic E-state index is -0.327. The van der Waals surface area contributed by atoms with E-state index in [0.717, 1.165) is 5.69 Å². The molecule has 18 heteroatoms. The summed E-state index contributed by atoms with van der Waals surface area (Å²) in [5.74, 6) is -0.235. The molecule has 4 aromatic rings. The van der Waals surface area contributed by atoms with Gasteiger partial charge < -0.3 is 77.9 Å². The van der Waals surface area contributed by atoms with E-state index < -0.39 is 0 Å². The maximum Gasteiger partial charge on any atom is 0.175 e. The van der Waals surface area contributed by atoms with E-state index in [4.69, 9.17) is 41.8 Å². The first kappa shape index (κ1) is 48.3. The highest BCUT2D eigenvalue weighted by molar-refractivity contribution is 7.81. The van der Waals surface area contributed by atoms with Crippen LogP contribution in [0, 0.1) is 20.8 Å². The molecule has 0 saturated carbocycles. The Hall–Kier alpha value is -4.89.